The molecule has 0 heterocycles. The molecule has 0 aliphatic heterocycles. The van der Waals surface area contributed by atoms with Gasteiger partial charge in [0.15, 0.2) is 0 Å². The summed E-state index contributed by atoms with van der Waals surface area (Å²) in [6, 6.07) is 72.0. The predicted molar refractivity (Wildman–Crippen MR) is 185 cm³/mol. The van der Waals surface area contributed by atoms with Crippen LogP contribution in [0.15, 0.2) is 218 Å². The van der Waals surface area contributed by atoms with Crippen LogP contribution in [-0.4, -0.2) is 47.8 Å². The quantitative estimate of drug-likeness (QED) is 0.107. The fraction of sp³-hybridized carbons (Fsp3) is 0.0256. The zero-order valence-corrected chi connectivity index (χ0v) is 29.6. The molecule has 0 bridgehead atoms. The molecule has 0 aliphatic carbocycles. The van der Waals surface area contributed by atoms with Crippen LogP contribution in [0.2, 0.25) is 0 Å². The second kappa shape index (κ2) is 41.3. The van der Waals surface area contributed by atoms with Gasteiger partial charge in [-0.3, -0.25) is 6.92 Å². The van der Waals surface area contributed by atoms with E-state index in [9.17, 15) is 0 Å². The van der Waals surface area contributed by atoms with Gasteiger partial charge >= 0.3 is 0 Å². The molecule has 206 valence electrons. The molecule has 6 aromatic rings. The van der Waals surface area contributed by atoms with E-state index in [1.165, 1.54) is 0 Å². The smallest absolute Gasteiger partial charge is 0.0302 e. The predicted octanol–water partition coefficient (Wildman–Crippen LogP) is 10.4. The molecular formula is C39H42Sn2. The molecule has 6 rings (SSSR count). The average Bonchev–Trinajstić information content (AvgIpc) is 3.08. The van der Waals surface area contributed by atoms with Crippen LogP contribution < -0.4 is 0 Å². The zero-order chi connectivity index (χ0) is 28.2. The fourth-order valence-corrected chi connectivity index (χ4v) is 2.31. The van der Waals surface area contributed by atoms with E-state index < -0.39 is 0 Å². The largest absolute Gasteiger partial charge is 0.300 e. The van der Waals surface area contributed by atoms with Crippen LogP contribution in [-0.2, 0) is 0 Å². The van der Waals surface area contributed by atoms with Gasteiger partial charge in [-0.1, -0.05) is 218 Å². The van der Waals surface area contributed by atoms with Crippen molar-refractivity contribution >= 4 is 47.8 Å². The van der Waals surface area contributed by atoms with E-state index in [1.54, 1.807) is 0 Å². The molecule has 0 aromatic heterocycles. The summed E-state index contributed by atoms with van der Waals surface area (Å²) in [7, 11) is 0. The molecule has 0 N–H and O–H groups in total. The second-order valence-electron chi connectivity index (χ2n) is 7.28. The molecular weight excluding hydrogens is 706 g/mol. The third kappa shape index (κ3) is 41.4. The van der Waals surface area contributed by atoms with Crippen molar-refractivity contribution in [1.29, 1.82) is 0 Å². The Hall–Kier alpha value is -3.21. The van der Waals surface area contributed by atoms with Crippen molar-refractivity contribution in [2.75, 3.05) is 0 Å². The van der Waals surface area contributed by atoms with Gasteiger partial charge in [-0.2, -0.15) is 0 Å². The van der Waals surface area contributed by atoms with Crippen LogP contribution in [0, 0.1) is 13.8 Å². The number of hydrogen-bond donors (Lipinski definition) is 0. The Kier molecular flexibility index (Phi) is 42.5. The van der Waals surface area contributed by atoms with E-state index >= 15 is 0 Å². The topological polar surface area (TPSA) is 0 Å². The first-order valence-corrected chi connectivity index (χ1v) is 13.0. The monoisotopic (exact) mass is 750 g/mol. The SMILES string of the molecule is [CH2+]C[CH2-].[Sn].[Sn].c1ccccc1.c1ccccc1.c1ccccc1.c1ccccc1.c1ccccc1.c1ccccc1. The van der Waals surface area contributed by atoms with Gasteiger partial charge in [0.1, 0.15) is 0 Å². The molecule has 0 fully saturated rings. The third-order valence-electron chi connectivity index (χ3n) is 4.00. The van der Waals surface area contributed by atoms with Gasteiger partial charge in [-0.05, 0) is 6.42 Å². The number of hydrogen-bond acceptors (Lipinski definition) is 0. The molecule has 0 atom stereocenters. The first-order valence-electron chi connectivity index (χ1n) is 13.0. The standard InChI is InChI=1S/6C6H6.C3H6.2Sn/c6*1-2-4-6-5-3-1;1-3-2;;/h6*1-6H;1-3H2;;. The van der Waals surface area contributed by atoms with Crippen LogP contribution in [0.4, 0.5) is 0 Å². The van der Waals surface area contributed by atoms with Crippen LogP contribution in [0.25, 0.3) is 0 Å². The van der Waals surface area contributed by atoms with E-state index in [4.69, 9.17) is 0 Å². The van der Waals surface area contributed by atoms with Crippen molar-refractivity contribution < 1.29 is 0 Å². The molecule has 0 aliphatic rings. The molecule has 0 nitrogen and oxygen atoms in total. The first kappa shape index (κ1) is 42.3. The van der Waals surface area contributed by atoms with Crippen LogP contribution >= 0.6 is 0 Å². The minimum absolute atomic E-state index is 0. The molecule has 6 aromatic carbocycles. The van der Waals surface area contributed by atoms with E-state index in [0.717, 1.165) is 6.42 Å². The normalized spacial score (nSPS) is 7.44. The fourth-order valence-electron chi connectivity index (χ4n) is 2.31. The maximum absolute atomic E-state index is 3.38. The summed E-state index contributed by atoms with van der Waals surface area (Å²) in [4.78, 5) is 0. The second-order valence-corrected chi connectivity index (χ2v) is 7.28. The Morgan fingerprint density at radius 2 is 0.244 bits per heavy atom. The minimum atomic E-state index is 0. The van der Waals surface area contributed by atoms with Crippen molar-refractivity contribution in [3.05, 3.63) is 232 Å². The Morgan fingerprint density at radius 3 is 0.268 bits per heavy atom. The summed E-state index contributed by atoms with van der Waals surface area (Å²) in [6.45, 7) is 6.75. The summed E-state index contributed by atoms with van der Waals surface area (Å²) in [5, 5.41) is 0. The molecule has 0 unspecified atom stereocenters. The van der Waals surface area contributed by atoms with Gasteiger partial charge in [0.2, 0.25) is 0 Å². The van der Waals surface area contributed by atoms with Crippen molar-refractivity contribution in [3.8, 4) is 0 Å². The van der Waals surface area contributed by atoms with Crippen LogP contribution in [0.1, 0.15) is 6.42 Å². The summed E-state index contributed by atoms with van der Waals surface area (Å²) < 4.78 is 0. The van der Waals surface area contributed by atoms with Crippen LogP contribution in [0.3, 0.4) is 0 Å². The molecule has 2 heteroatoms. The van der Waals surface area contributed by atoms with Crippen molar-refractivity contribution in [1.82, 2.24) is 0 Å². The molecule has 8 radical (unpaired) electrons. The summed E-state index contributed by atoms with van der Waals surface area (Å²) in [6.07, 6.45) is 0.750. The molecule has 0 spiro atoms. The van der Waals surface area contributed by atoms with Gasteiger partial charge in [0.25, 0.3) is 0 Å². The minimum Gasteiger partial charge on any atom is -0.300 e. The maximum atomic E-state index is 3.38. The van der Waals surface area contributed by atoms with Gasteiger partial charge in [-0.15, -0.1) is 0 Å². The molecule has 0 saturated heterocycles. The Morgan fingerprint density at radius 1 is 0.220 bits per heavy atom. The average molecular weight is 748 g/mol. The molecule has 0 amide bonds. The number of rotatable bonds is 0. The zero-order valence-electron chi connectivity index (χ0n) is 23.9. The first-order chi connectivity index (χ1) is 19.4. The maximum Gasteiger partial charge on any atom is 0.0302 e. The van der Waals surface area contributed by atoms with Crippen molar-refractivity contribution in [3.63, 3.8) is 0 Å². The van der Waals surface area contributed by atoms with E-state index in [1.807, 2.05) is 218 Å². The van der Waals surface area contributed by atoms with Crippen molar-refractivity contribution in [2.45, 2.75) is 6.42 Å². The summed E-state index contributed by atoms with van der Waals surface area (Å²) in [5.74, 6) is 0. The van der Waals surface area contributed by atoms with Crippen molar-refractivity contribution in [2.24, 2.45) is 0 Å². The van der Waals surface area contributed by atoms with E-state index in [2.05, 4.69) is 13.8 Å². The van der Waals surface area contributed by atoms with Gasteiger partial charge in [0, 0.05) is 54.7 Å². The Bertz CT molecular complexity index is 704. The summed E-state index contributed by atoms with van der Waals surface area (Å²) in [5.41, 5.74) is 0. The van der Waals surface area contributed by atoms with Gasteiger partial charge < -0.3 is 0 Å². The summed E-state index contributed by atoms with van der Waals surface area (Å²) >= 11 is 0. The Balaban J connectivity index is -0.000000411. The van der Waals surface area contributed by atoms with Gasteiger partial charge in [0.05, 0.1) is 0 Å². The Labute approximate surface area is 284 Å². The van der Waals surface area contributed by atoms with E-state index in [0.29, 0.717) is 0 Å². The van der Waals surface area contributed by atoms with Crippen LogP contribution in [0.5, 0.6) is 0 Å². The van der Waals surface area contributed by atoms with Gasteiger partial charge in [-0.25, -0.2) is 0 Å². The number of benzene rings is 6. The molecule has 0 saturated carbocycles. The third-order valence-corrected chi connectivity index (χ3v) is 4.00. The molecule has 41 heavy (non-hydrogen) atoms. The van der Waals surface area contributed by atoms with E-state index in [-0.39, 0.29) is 47.8 Å².